The molecule has 0 amide bonds. The lowest BCUT2D eigenvalue weighted by molar-refractivity contribution is 0.0336. The Kier molecular flexibility index (Phi) is 5.19. The molecule has 7 heteroatoms. The maximum absolute atomic E-state index is 10.8. The second kappa shape index (κ2) is 7.91. The molecular formula is C20H24N6O. The van der Waals surface area contributed by atoms with Crippen molar-refractivity contribution in [2.24, 2.45) is 0 Å². The summed E-state index contributed by atoms with van der Waals surface area (Å²) in [5.41, 5.74) is 0.599. The molecule has 0 aliphatic carbocycles. The third kappa shape index (κ3) is 3.87. The average Bonchev–Trinajstić information content (AvgIpc) is 2.74. The van der Waals surface area contributed by atoms with Gasteiger partial charge in [0.15, 0.2) is 0 Å². The van der Waals surface area contributed by atoms with Crippen LogP contribution in [0.15, 0.2) is 42.7 Å². The summed E-state index contributed by atoms with van der Waals surface area (Å²) < 4.78 is 0. The molecule has 140 valence electrons. The van der Waals surface area contributed by atoms with Crippen molar-refractivity contribution in [3.05, 3.63) is 48.3 Å². The van der Waals surface area contributed by atoms with E-state index < -0.39 is 6.10 Å². The summed E-state index contributed by atoms with van der Waals surface area (Å²) in [6, 6.07) is 11.8. The molecule has 2 atom stereocenters. The lowest BCUT2D eigenvalue weighted by atomic mass is 9.99. The topological polar surface area (TPSA) is 79.5 Å². The lowest BCUT2D eigenvalue weighted by Gasteiger charge is -2.45. The second-order valence-electron chi connectivity index (χ2n) is 7.09. The number of nitriles is 1. The Morgan fingerprint density at radius 2 is 1.78 bits per heavy atom. The van der Waals surface area contributed by atoms with Crippen LogP contribution in [0.1, 0.15) is 12.0 Å². The van der Waals surface area contributed by atoms with Crippen molar-refractivity contribution in [1.82, 2.24) is 14.9 Å². The van der Waals surface area contributed by atoms with E-state index in [1.54, 1.807) is 18.3 Å². The Morgan fingerprint density at radius 3 is 2.48 bits per heavy atom. The van der Waals surface area contributed by atoms with E-state index in [9.17, 15) is 5.11 Å². The molecular weight excluding hydrogens is 340 g/mol. The molecule has 0 spiro atoms. The van der Waals surface area contributed by atoms with Gasteiger partial charge in [-0.15, -0.1) is 0 Å². The van der Waals surface area contributed by atoms with Crippen molar-refractivity contribution in [3.63, 3.8) is 0 Å². The number of anilines is 2. The molecule has 1 N–H and O–H groups in total. The van der Waals surface area contributed by atoms with Gasteiger partial charge in [-0.05, 0) is 30.7 Å². The van der Waals surface area contributed by atoms with Gasteiger partial charge in [0.1, 0.15) is 11.6 Å². The van der Waals surface area contributed by atoms with Crippen LogP contribution in [0.3, 0.4) is 0 Å². The number of piperazine rings is 1. The summed E-state index contributed by atoms with van der Waals surface area (Å²) >= 11 is 0. The summed E-state index contributed by atoms with van der Waals surface area (Å²) in [6.07, 6.45) is 3.95. The summed E-state index contributed by atoms with van der Waals surface area (Å²) in [6.45, 7) is 5.10. The fourth-order valence-electron chi connectivity index (χ4n) is 4.04. The molecule has 0 saturated carbocycles. The predicted octanol–water partition coefficient (Wildman–Crippen LogP) is 1.11. The highest BCUT2D eigenvalue weighted by molar-refractivity contribution is 5.45. The Morgan fingerprint density at radius 1 is 0.963 bits per heavy atom. The van der Waals surface area contributed by atoms with Crippen LogP contribution in [-0.4, -0.2) is 71.4 Å². The number of β-amino-alcohol motifs (C(OH)–C–C–N with tert-alkyl or cyclic N) is 1. The predicted molar refractivity (Wildman–Crippen MR) is 104 cm³/mol. The third-order valence-corrected chi connectivity index (χ3v) is 5.50. The van der Waals surface area contributed by atoms with Crippen LogP contribution >= 0.6 is 0 Å². The summed E-state index contributed by atoms with van der Waals surface area (Å²) in [7, 11) is 0. The largest absolute Gasteiger partial charge is 0.390 e. The Bertz CT molecular complexity index is 800. The van der Waals surface area contributed by atoms with Crippen molar-refractivity contribution in [2.75, 3.05) is 49.1 Å². The Balaban J connectivity index is 1.35. The van der Waals surface area contributed by atoms with Gasteiger partial charge in [-0.2, -0.15) is 5.26 Å². The Labute approximate surface area is 159 Å². The van der Waals surface area contributed by atoms with Crippen molar-refractivity contribution >= 4 is 11.6 Å². The maximum atomic E-state index is 10.8. The number of hydrogen-bond donors (Lipinski definition) is 1. The number of rotatable bonds is 3. The fraction of sp³-hybridized carbons (Fsp3) is 0.450. The first-order valence-corrected chi connectivity index (χ1v) is 9.44. The maximum Gasteiger partial charge on any atom is 0.129 e. The molecule has 2 aromatic rings. The monoisotopic (exact) mass is 364 g/mol. The van der Waals surface area contributed by atoms with Gasteiger partial charge in [-0.1, -0.05) is 6.07 Å². The molecule has 2 saturated heterocycles. The van der Waals surface area contributed by atoms with E-state index in [0.717, 1.165) is 50.8 Å². The Hall–Kier alpha value is -2.69. The minimum absolute atomic E-state index is 0.172. The summed E-state index contributed by atoms with van der Waals surface area (Å²) in [5.74, 6) is 1.79. The van der Waals surface area contributed by atoms with E-state index in [-0.39, 0.29) is 6.04 Å². The fourth-order valence-corrected chi connectivity index (χ4v) is 4.04. The average molecular weight is 364 g/mol. The lowest BCUT2D eigenvalue weighted by Crippen LogP contribution is -2.59. The summed E-state index contributed by atoms with van der Waals surface area (Å²) in [5, 5.41) is 19.8. The van der Waals surface area contributed by atoms with Gasteiger partial charge in [0, 0.05) is 57.7 Å². The number of hydrogen-bond acceptors (Lipinski definition) is 7. The van der Waals surface area contributed by atoms with Crippen LogP contribution in [0.25, 0.3) is 0 Å². The van der Waals surface area contributed by atoms with Crippen LogP contribution < -0.4 is 9.80 Å². The van der Waals surface area contributed by atoms with Gasteiger partial charge in [0.25, 0.3) is 0 Å². The van der Waals surface area contributed by atoms with Crippen LogP contribution in [-0.2, 0) is 0 Å². The number of aliphatic hydroxyl groups is 1. The van der Waals surface area contributed by atoms with Crippen LogP contribution in [0.2, 0.25) is 0 Å². The molecule has 7 nitrogen and oxygen atoms in total. The molecule has 0 aromatic carbocycles. The molecule has 2 fully saturated rings. The van der Waals surface area contributed by atoms with E-state index in [4.69, 9.17) is 5.26 Å². The van der Waals surface area contributed by atoms with Gasteiger partial charge < -0.3 is 14.9 Å². The van der Waals surface area contributed by atoms with Crippen LogP contribution in [0.4, 0.5) is 11.6 Å². The highest BCUT2D eigenvalue weighted by atomic mass is 16.3. The van der Waals surface area contributed by atoms with Gasteiger partial charge in [0.2, 0.25) is 0 Å². The molecule has 4 heterocycles. The first-order chi connectivity index (χ1) is 13.2. The molecule has 2 aromatic heterocycles. The standard InChI is InChI=1S/C20H24N6O/c21-14-16-4-7-23-20(13-16)26-8-5-17(18(27)15-26)24-9-11-25(12-10-24)19-3-1-2-6-22-19/h1-4,6-7,13,17-18,27H,5,8-12,15H2/t17-,18-/m1/s1. The van der Waals surface area contributed by atoms with Crippen molar-refractivity contribution in [1.29, 1.82) is 5.26 Å². The number of nitrogens with zero attached hydrogens (tertiary/aromatic N) is 6. The molecule has 2 aliphatic heterocycles. The minimum atomic E-state index is -0.423. The van der Waals surface area contributed by atoms with E-state index in [1.807, 2.05) is 24.4 Å². The summed E-state index contributed by atoms with van der Waals surface area (Å²) in [4.78, 5) is 15.6. The van der Waals surface area contributed by atoms with E-state index in [1.165, 1.54) is 0 Å². The molecule has 0 radical (unpaired) electrons. The van der Waals surface area contributed by atoms with Crippen molar-refractivity contribution in [3.8, 4) is 6.07 Å². The number of aliphatic hydroxyl groups excluding tert-OH is 1. The smallest absolute Gasteiger partial charge is 0.129 e. The molecule has 0 bridgehead atoms. The van der Waals surface area contributed by atoms with Gasteiger partial charge >= 0.3 is 0 Å². The van der Waals surface area contributed by atoms with E-state index in [2.05, 4.69) is 30.7 Å². The number of pyridine rings is 2. The highest BCUT2D eigenvalue weighted by Gasteiger charge is 2.34. The molecule has 4 rings (SSSR count). The van der Waals surface area contributed by atoms with Gasteiger partial charge in [0.05, 0.1) is 17.7 Å². The SMILES string of the molecule is N#Cc1ccnc(N2CC[C@@H](N3CCN(c4ccccn4)CC3)[C@H](O)C2)c1. The zero-order valence-corrected chi connectivity index (χ0v) is 15.3. The second-order valence-corrected chi connectivity index (χ2v) is 7.09. The van der Waals surface area contributed by atoms with E-state index in [0.29, 0.717) is 12.1 Å². The number of aromatic nitrogens is 2. The number of piperidine rings is 1. The molecule has 27 heavy (non-hydrogen) atoms. The first kappa shape index (κ1) is 17.7. The normalized spacial score (nSPS) is 23.9. The zero-order chi connectivity index (χ0) is 18.6. The third-order valence-electron chi connectivity index (χ3n) is 5.50. The quantitative estimate of drug-likeness (QED) is 0.874. The highest BCUT2D eigenvalue weighted by Crippen LogP contribution is 2.24. The minimum Gasteiger partial charge on any atom is -0.390 e. The van der Waals surface area contributed by atoms with Crippen molar-refractivity contribution < 1.29 is 5.11 Å². The van der Waals surface area contributed by atoms with Gasteiger partial charge in [-0.3, -0.25) is 4.90 Å². The van der Waals surface area contributed by atoms with E-state index >= 15 is 0 Å². The van der Waals surface area contributed by atoms with Crippen LogP contribution in [0, 0.1) is 11.3 Å². The first-order valence-electron chi connectivity index (χ1n) is 9.44. The molecule has 0 unspecified atom stereocenters. The van der Waals surface area contributed by atoms with Gasteiger partial charge in [-0.25, -0.2) is 9.97 Å². The molecule has 2 aliphatic rings. The van der Waals surface area contributed by atoms with Crippen molar-refractivity contribution in [2.45, 2.75) is 18.6 Å². The zero-order valence-electron chi connectivity index (χ0n) is 15.3. The van der Waals surface area contributed by atoms with Crippen LogP contribution in [0.5, 0.6) is 0 Å².